The van der Waals surface area contributed by atoms with Gasteiger partial charge in [0.1, 0.15) is 0 Å². The van der Waals surface area contributed by atoms with Crippen LogP contribution in [0.15, 0.2) is 24.3 Å². The van der Waals surface area contributed by atoms with Crippen molar-refractivity contribution in [2.45, 2.75) is 32.4 Å². The van der Waals surface area contributed by atoms with Crippen molar-refractivity contribution in [3.8, 4) is 0 Å². The van der Waals surface area contributed by atoms with E-state index >= 15 is 0 Å². The Bertz CT molecular complexity index is 526. The number of carbonyl (C=O) groups is 1. The third-order valence-electron chi connectivity index (χ3n) is 4.74. The molecule has 1 aliphatic heterocycles. The Kier molecular flexibility index (Phi) is 3.21. The molecule has 3 rings (SSSR count). The fourth-order valence-corrected chi connectivity index (χ4v) is 3.68. The molecule has 1 aromatic carbocycles. The molecule has 1 heterocycles. The van der Waals surface area contributed by atoms with Crippen molar-refractivity contribution < 1.29 is 14.3 Å². The van der Waals surface area contributed by atoms with E-state index in [9.17, 15) is 4.79 Å². The lowest BCUT2D eigenvalue weighted by Gasteiger charge is -2.55. The first-order valence-electron chi connectivity index (χ1n) is 7.11. The summed E-state index contributed by atoms with van der Waals surface area (Å²) in [5.74, 6) is 0.236. The summed E-state index contributed by atoms with van der Waals surface area (Å²) >= 11 is 0. The molecule has 0 bridgehead atoms. The van der Waals surface area contributed by atoms with Gasteiger partial charge >= 0.3 is 5.97 Å². The summed E-state index contributed by atoms with van der Waals surface area (Å²) in [4.78, 5) is 11.8. The summed E-state index contributed by atoms with van der Waals surface area (Å²) in [6.07, 6.45) is 1.43. The quantitative estimate of drug-likeness (QED) is 0.862. The number of benzene rings is 1. The van der Waals surface area contributed by atoms with Crippen LogP contribution < -0.4 is 5.32 Å². The first-order chi connectivity index (χ1) is 9.55. The van der Waals surface area contributed by atoms with Gasteiger partial charge in [-0.3, -0.25) is 0 Å². The predicted octanol–water partition coefficient (Wildman–Crippen LogP) is 2.70. The van der Waals surface area contributed by atoms with Crippen LogP contribution in [0, 0.1) is 11.3 Å². The second-order valence-corrected chi connectivity index (χ2v) is 6.22. The zero-order valence-electron chi connectivity index (χ0n) is 12.2. The number of carbonyl (C=O) groups excluding carboxylic acids is 1. The molecule has 2 aliphatic rings. The number of nitrogens with one attached hydrogen (secondary N) is 1. The Labute approximate surface area is 119 Å². The van der Waals surface area contributed by atoms with Crippen LogP contribution in [-0.2, 0) is 9.47 Å². The minimum atomic E-state index is -0.301. The van der Waals surface area contributed by atoms with Crippen LogP contribution in [0.2, 0.25) is 0 Å². The van der Waals surface area contributed by atoms with Crippen LogP contribution in [0.5, 0.6) is 0 Å². The van der Waals surface area contributed by atoms with Crippen LogP contribution in [0.25, 0.3) is 0 Å². The summed E-state index contributed by atoms with van der Waals surface area (Å²) in [6.45, 7) is 5.28. The lowest BCUT2D eigenvalue weighted by Crippen LogP contribution is -2.63. The summed E-state index contributed by atoms with van der Waals surface area (Å²) in [5.41, 5.74) is 1.53. The molecule has 108 valence electrons. The smallest absolute Gasteiger partial charge is 0.339 e. The Morgan fingerprint density at radius 2 is 2.15 bits per heavy atom. The number of para-hydroxylation sites is 1. The molecule has 1 N–H and O–H groups in total. The first kappa shape index (κ1) is 13.4. The fraction of sp³-hybridized carbons (Fsp3) is 0.562. The van der Waals surface area contributed by atoms with Gasteiger partial charge in [0.25, 0.3) is 0 Å². The fourth-order valence-electron chi connectivity index (χ4n) is 3.68. The monoisotopic (exact) mass is 275 g/mol. The molecule has 1 saturated heterocycles. The maximum Gasteiger partial charge on any atom is 0.339 e. The molecule has 3 unspecified atom stereocenters. The molecule has 0 amide bonds. The Hall–Kier alpha value is -1.55. The van der Waals surface area contributed by atoms with Gasteiger partial charge < -0.3 is 14.8 Å². The Morgan fingerprint density at radius 1 is 1.40 bits per heavy atom. The van der Waals surface area contributed by atoms with Crippen molar-refractivity contribution in [2.75, 3.05) is 19.0 Å². The molecule has 4 heteroatoms. The van der Waals surface area contributed by atoms with Gasteiger partial charge in [-0.05, 0) is 18.6 Å². The second-order valence-electron chi connectivity index (χ2n) is 6.22. The first-order valence-corrected chi connectivity index (χ1v) is 7.11. The maximum atomic E-state index is 11.8. The average Bonchev–Trinajstić information content (AvgIpc) is 2.91. The highest BCUT2D eigenvalue weighted by Crippen LogP contribution is 2.53. The largest absolute Gasteiger partial charge is 0.465 e. The molecule has 20 heavy (non-hydrogen) atoms. The standard InChI is InChI=1S/C16H21NO3/c1-16(2)13(11-8-9-20-14(11)16)17-12-7-5-4-6-10(12)15(18)19-3/h4-7,11,13-14,17H,8-9H2,1-3H3. The number of hydrogen-bond donors (Lipinski definition) is 1. The summed E-state index contributed by atoms with van der Waals surface area (Å²) in [7, 11) is 1.41. The molecule has 3 atom stereocenters. The highest BCUT2D eigenvalue weighted by atomic mass is 16.5. The number of anilines is 1. The molecule has 2 fully saturated rings. The SMILES string of the molecule is COC(=O)c1ccccc1NC1C2CCOC2C1(C)C. The molecular weight excluding hydrogens is 254 g/mol. The number of rotatable bonds is 3. The minimum Gasteiger partial charge on any atom is -0.465 e. The predicted molar refractivity (Wildman–Crippen MR) is 76.8 cm³/mol. The number of hydrogen-bond acceptors (Lipinski definition) is 4. The van der Waals surface area contributed by atoms with Crippen LogP contribution >= 0.6 is 0 Å². The number of methoxy groups -OCH3 is 1. The Balaban J connectivity index is 1.83. The van der Waals surface area contributed by atoms with Crippen LogP contribution in [0.4, 0.5) is 5.69 Å². The van der Waals surface area contributed by atoms with Gasteiger partial charge in [-0.1, -0.05) is 26.0 Å². The third kappa shape index (κ3) is 1.90. The summed E-state index contributed by atoms with van der Waals surface area (Å²) in [5, 5.41) is 3.54. The van der Waals surface area contributed by atoms with E-state index in [1.165, 1.54) is 7.11 Å². The van der Waals surface area contributed by atoms with Gasteiger partial charge in [-0.2, -0.15) is 0 Å². The van der Waals surface area contributed by atoms with E-state index in [0.29, 0.717) is 23.6 Å². The van der Waals surface area contributed by atoms with E-state index in [1.54, 1.807) is 6.07 Å². The zero-order valence-corrected chi connectivity index (χ0v) is 12.2. The van der Waals surface area contributed by atoms with Gasteiger partial charge in [0.2, 0.25) is 0 Å². The normalized spacial score (nSPS) is 30.2. The van der Waals surface area contributed by atoms with E-state index in [-0.39, 0.29) is 11.4 Å². The van der Waals surface area contributed by atoms with Crippen molar-refractivity contribution in [3.63, 3.8) is 0 Å². The topological polar surface area (TPSA) is 47.6 Å². The number of esters is 1. The highest BCUT2D eigenvalue weighted by molar-refractivity contribution is 5.95. The minimum absolute atomic E-state index is 0.0877. The molecule has 4 nitrogen and oxygen atoms in total. The van der Waals surface area contributed by atoms with E-state index in [1.807, 2.05) is 18.2 Å². The molecular formula is C16H21NO3. The van der Waals surface area contributed by atoms with E-state index in [4.69, 9.17) is 9.47 Å². The lowest BCUT2D eigenvalue weighted by molar-refractivity contribution is -0.0923. The van der Waals surface area contributed by atoms with Gasteiger partial charge in [-0.15, -0.1) is 0 Å². The van der Waals surface area contributed by atoms with Crippen molar-refractivity contribution in [1.29, 1.82) is 0 Å². The Morgan fingerprint density at radius 3 is 2.90 bits per heavy atom. The average molecular weight is 275 g/mol. The van der Waals surface area contributed by atoms with Crippen molar-refractivity contribution >= 4 is 11.7 Å². The van der Waals surface area contributed by atoms with Gasteiger partial charge in [-0.25, -0.2) is 4.79 Å². The van der Waals surface area contributed by atoms with Crippen LogP contribution in [0.3, 0.4) is 0 Å². The molecule has 0 radical (unpaired) electrons. The molecule has 0 aromatic heterocycles. The second kappa shape index (κ2) is 4.77. The number of ether oxygens (including phenoxy) is 2. The summed E-state index contributed by atoms with van der Waals surface area (Å²) < 4.78 is 10.6. The zero-order chi connectivity index (χ0) is 14.3. The van der Waals surface area contributed by atoms with Crippen LogP contribution in [-0.4, -0.2) is 31.8 Å². The van der Waals surface area contributed by atoms with E-state index in [0.717, 1.165) is 18.7 Å². The van der Waals surface area contributed by atoms with Crippen molar-refractivity contribution in [2.24, 2.45) is 11.3 Å². The van der Waals surface area contributed by atoms with E-state index < -0.39 is 0 Å². The van der Waals surface area contributed by atoms with Gasteiger partial charge in [0.15, 0.2) is 0 Å². The van der Waals surface area contributed by atoms with E-state index in [2.05, 4.69) is 19.2 Å². The highest BCUT2D eigenvalue weighted by Gasteiger charge is 2.59. The lowest BCUT2D eigenvalue weighted by atomic mass is 9.57. The maximum absolute atomic E-state index is 11.8. The van der Waals surface area contributed by atoms with Crippen LogP contribution in [0.1, 0.15) is 30.6 Å². The third-order valence-corrected chi connectivity index (χ3v) is 4.74. The number of fused-ring (bicyclic) bond motifs is 1. The molecule has 1 aliphatic carbocycles. The molecule has 1 saturated carbocycles. The summed E-state index contributed by atoms with van der Waals surface area (Å²) in [6, 6.07) is 7.85. The van der Waals surface area contributed by atoms with Crippen molar-refractivity contribution in [1.82, 2.24) is 0 Å². The van der Waals surface area contributed by atoms with Gasteiger partial charge in [0, 0.05) is 29.7 Å². The molecule has 1 aromatic rings. The molecule has 0 spiro atoms. The van der Waals surface area contributed by atoms with Crippen molar-refractivity contribution in [3.05, 3.63) is 29.8 Å². The van der Waals surface area contributed by atoms with Gasteiger partial charge in [0.05, 0.1) is 18.8 Å².